The lowest BCUT2D eigenvalue weighted by atomic mass is 9.73. The minimum absolute atomic E-state index is 0.190. The lowest BCUT2D eigenvalue weighted by molar-refractivity contribution is 0.180. The van der Waals surface area contributed by atoms with E-state index in [0.717, 1.165) is 17.9 Å². The lowest BCUT2D eigenvalue weighted by Crippen LogP contribution is -2.31. The molecule has 2 heterocycles. The van der Waals surface area contributed by atoms with Gasteiger partial charge in [0, 0.05) is 12.6 Å². The van der Waals surface area contributed by atoms with Crippen molar-refractivity contribution in [2.75, 3.05) is 5.32 Å². The van der Waals surface area contributed by atoms with Crippen LogP contribution in [0.3, 0.4) is 0 Å². The molecule has 2 aliphatic rings. The molecule has 0 bridgehead atoms. The average Bonchev–Trinajstić information content (AvgIpc) is 2.98. The molecule has 1 N–H and O–H groups in total. The maximum atomic E-state index is 9.30. The predicted molar refractivity (Wildman–Crippen MR) is 106 cm³/mol. The number of rotatable bonds is 5. The Kier molecular flexibility index (Phi) is 4.79. The van der Waals surface area contributed by atoms with Crippen molar-refractivity contribution in [2.45, 2.75) is 78.3 Å². The first-order valence-electron chi connectivity index (χ1n) is 10.3. The SMILES string of the molecule is C[C@@H](Nc1nc(C#N)nc2ncn(CC3CCC(C)(C)CC3)c12)C1CCC1. The number of hydrogen-bond acceptors (Lipinski definition) is 5. The number of anilines is 1. The number of imidazole rings is 1. The molecular formula is C21H30N6. The summed E-state index contributed by atoms with van der Waals surface area (Å²) in [6, 6.07) is 2.43. The summed E-state index contributed by atoms with van der Waals surface area (Å²) in [7, 11) is 0. The number of fused-ring (bicyclic) bond motifs is 1. The molecule has 0 aliphatic heterocycles. The molecule has 0 radical (unpaired) electrons. The van der Waals surface area contributed by atoms with E-state index in [1.54, 1.807) is 0 Å². The molecule has 0 amide bonds. The summed E-state index contributed by atoms with van der Waals surface area (Å²) in [6.07, 6.45) is 10.8. The smallest absolute Gasteiger partial charge is 0.236 e. The third kappa shape index (κ3) is 3.78. The minimum atomic E-state index is 0.190. The number of hydrogen-bond donors (Lipinski definition) is 1. The van der Waals surface area contributed by atoms with Crippen molar-refractivity contribution in [3.8, 4) is 6.07 Å². The Morgan fingerprint density at radius 3 is 2.63 bits per heavy atom. The number of nitrogens with one attached hydrogen (secondary N) is 1. The van der Waals surface area contributed by atoms with E-state index in [1.807, 2.05) is 6.33 Å². The third-order valence-corrected chi connectivity index (χ3v) is 6.71. The molecule has 6 nitrogen and oxygen atoms in total. The maximum Gasteiger partial charge on any atom is 0.236 e. The van der Waals surface area contributed by atoms with Crippen molar-refractivity contribution >= 4 is 17.0 Å². The van der Waals surface area contributed by atoms with Gasteiger partial charge in [-0.1, -0.05) is 20.3 Å². The Morgan fingerprint density at radius 1 is 1.26 bits per heavy atom. The molecule has 27 heavy (non-hydrogen) atoms. The van der Waals surface area contributed by atoms with Crippen LogP contribution in [0.5, 0.6) is 0 Å². The first-order chi connectivity index (χ1) is 12.9. The van der Waals surface area contributed by atoms with Crippen LogP contribution in [-0.4, -0.2) is 25.6 Å². The minimum Gasteiger partial charge on any atom is -0.365 e. The van der Waals surface area contributed by atoms with E-state index >= 15 is 0 Å². The monoisotopic (exact) mass is 366 g/mol. The highest BCUT2D eigenvalue weighted by Gasteiger charge is 2.28. The molecule has 0 saturated heterocycles. The molecule has 144 valence electrons. The van der Waals surface area contributed by atoms with Crippen LogP contribution in [-0.2, 0) is 6.54 Å². The van der Waals surface area contributed by atoms with Crippen molar-refractivity contribution in [1.82, 2.24) is 19.5 Å². The summed E-state index contributed by atoms with van der Waals surface area (Å²) in [5.41, 5.74) is 2.05. The summed E-state index contributed by atoms with van der Waals surface area (Å²) in [5.74, 6) is 2.32. The number of nitrogens with zero attached hydrogens (tertiary/aromatic N) is 5. The molecular weight excluding hydrogens is 336 g/mol. The van der Waals surface area contributed by atoms with Gasteiger partial charge in [0.15, 0.2) is 11.5 Å². The maximum absolute atomic E-state index is 9.30. The Bertz CT molecular complexity index is 847. The molecule has 4 rings (SSSR count). The van der Waals surface area contributed by atoms with Gasteiger partial charge in [-0.15, -0.1) is 0 Å². The number of aromatic nitrogens is 4. The van der Waals surface area contributed by atoms with Crippen LogP contribution in [0.2, 0.25) is 0 Å². The zero-order chi connectivity index (χ0) is 19.0. The molecule has 2 saturated carbocycles. The van der Waals surface area contributed by atoms with Crippen LogP contribution in [0, 0.1) is 28.6 Å². The fraction of sp³-hybridized carbons (Fsp3) is 0.714. The largest absolute Gasteiger partial charge is 0.365 e. The quantitative estimate of drug-likeness (QED) is 0.842. The molecule has 2 aromatic heterocycles. The van der Waals surface area contributed by atoms with E-state index in [9.17, 15) is 5.26 Å². The molecule has 2 aromatic rings. The van der Waals surface area contributed by atoms with Crippen molar-refractivity contribution in [2.24, 2.45) is 17.3 Å². The lowest BCUT2D eigenvalue weighted by Gasteiger charge is -2.34. The zero-order valence-corrected chi connectivity index (χ0v) is 16.7. The Balaban J connectivity index is 1.60. The first-order valence-corrected chi connectivity index (χ1v) is 10.3. The highest BCUT2D eigenvalue weighted by molar-refractivity contribution is 5.83. The van der Waals surface area contributed by atoms with Gasteiger partial charge in [0.1, 0.15) is 11.6 Å². The van der Waals surface area contributed by atoms with Gasteiger partial charge < -0.3 is 9.88 Å². The fourth-order valence-corrected chi connectivity index (χ4v) is 4.46. The molecule has 2 fully saturated rings. The number of nitriles is 1. The van der Waals surface area contributed by atoms with Crippen LogP contribution < -0.4 is 5.32 Å². The Labute approximate surface area is 161 Å². The van der Waals surface area contributed by atoms with Gasteiger partial charge in [-0.25, -0.2) is 4.98 Å². The molecule has 0 unspecified atom stereocenters. The van der Waals surface area contributed by atoms with E-state index in [4.69, 9.17) is 0 Å². The molecule has 6 heteroatoms. The van der Waals surface area contributed by atoms with Gasteiger partial charge in [0.25, 0.3) is 0 Å². The topological polar surface area (TPSA) is 79.4 Å². The molecule has 1 atom stereocenters. The third-order valence-electron chi connectivity index (χ3n) is 6.71. The van der Waals surface area contributed by atoms with Gasteiger partial charge in [0.05, 0.1) is 6.33 Å². The summed E-state index contributed by atoms with van der Waals surface area (Å²) >= 11 is 0. The van der Waals surface area contributed by atoms with Crippen molar-refractivity contribution in [3.63, 3.8) is 0 Å². The normalized spacial score (nSPS) is 21.6. The van der Waals surface area contributed by atoms with Crippen LogP contribution >= 0.6 is 0 Å². The Hall–Kier alpha value is -2.16. The van der Waals surface area contributed by atoms with Crippen LogP contribution in [0.25, 0.3) is 11.2 Å². The summed E-state index contributed by atoms with van der Waals surface area (Å²) in [6.45, 7) is 7.91. The molecule has 2 aliphatic carbocycles. The van der Waals surface area contributed by atoms with Crippen LogP contribution in [0.15, 0.2) is 6.33 Å². The summed E-state index contributed by atoms with van der Waals surface area (Å²) in [4.78, 5) is 13.3. The van der Waals surface area contributed by atoms with Gasteiger partial charge >= 0.3 is 0 Å². The molecule has 0 spiro atoms. The summed E-state index contributed by atoms with van der Waals surface area (Å²) in [5, 5.41) is 12.9. The second-order valence-corrected chi connectivity index (χ2v) is 9.31. The highest BCUT2D eigenvalue weighted by Crippen LogP contribution is 2.39. The van der Waals surface area contributed by atoms with Crippen LogP contribution in [0.4, 0.5) is 5.82 Å². The second-order valence-electron chi connectivity index (χ2n) is 9.31. The van der Waals surface area contributed by atoms with Crippen molar-refractivity contribution < 1.29 is 0 Å². The van der Waals surface area contributed by atoms with E-state index in [1.165, 1.54) is 44.9 Å². The zero-order valence-electron chi connectivity index (χ0n) is 16.7. The predicted octanol–water partition coefficient (Wildman–Crippen LogP) is 4.51. The first kappa shape index (κ1) is 18.2. The molecule has 0 aromatic carbocycles. The van der Waals surface area contributed by atoms with E-state index in [0.29, 0.717) is 28.9 Å². The Morgan fingerprint density at radius 2 is 2.00 bits per heavy atom. The van der Waals surface area contributed by atoms with E-state index < -0.39 is 0 Å². The van der Waals surface area contributed by atoms with Crippen molar-refractivity contribution in [3.05, 3.63) is 12.2 Å². The highest BCUT2D eigenvalue weighted by atomic mass is 15.2. The standard InChI is InChI=1S/C21H30N6/c1-14(16-5-4-6-16)24-20-18-19(25-17(11-22)26-20)23-13-27(18)12-15-7-9-21(2,3)10-8-15/h13-16H,4-10,12H2,1-3H3,(H,24,25,26)/t14-/m1/s1. The van der Waals surface area contributed by atoms with Gasteiger partial charge in [-0.3, -0.25) is 0 Å². The van der Waals surface area contributed by atoms with E-state index in [2.05, 4.69) is 51.7 Å². The summed E-state index contributed by atoms with van der Waals surface area (Å²) < 4.78 is 2.20. The van der Waals surface area contributed by atoms with E-state index in [-0.39, 0.29) is 5.82 Å². The second kappa shape index (κ2) is 7.10. The van der Waals surface area contributed by atoms with Gasteiger partial charge in [-0.05, 0) is 62.7 Å². The van der Waals surface area contributed by atoms with Crippen LogP contribution in [0.1, 0.15) is 71.5 Å². The average molecular weight is 367 g/mol. The van der Waals surface area contributed by atoms with Gasteiger partial charge in [-0.2, -0.15) is 15.2 Å². The van der Waals surface area contributed by atoms with Crippen molar-refractivity contribution in [1.29, 1.82) is 5.26 Å². The van der Waals surface area contributed by atoms with Gasteiger partial charge in [0.2, 0.25) is 5.82 Å². The fourth-order valence-electron chi connectivity index (χ4n) is 4.46.